The molecule has 1 aromatic rings. The zero-order valence-corrected chi connectivity index (χ0v) is 11.4. The number of benzene rings is 1. The second-order valence-corrected chi connectivity index (χ2v) is 4.59. The molecule has 0 fully saturated rings. The number of nitro benzene ring substituents is 1. The summed E-state index contributed by atoms with van der Waals surface area (Å²) >= 11 is 0. The van der Waals surface area contributed by atoms with Crippen LogP contribution in [0.15, 0.2) is 18.2 Å². The van der Waals surface area contributed by atoms with Gasteiger partial charge in [-0.05, 0) is 24.5 Å². The Hall–Kier alpha value is -1.66. The third kappa shape index (κ3) is 4.18. The molecule has 2 N–H and O–H groups in total. The average molecular weight is 268 g/mol. The zero-order valence-electron chi connectivity index (χ0n) is 11.4. The van der Waals surface area contributed by atoms with E-state index in [0.717, 1.165) is 5.56 Å². The van der Waals surface area contributed by atoms with E-state index in [2.05, 4.69) is 5.32 Å². The maximum Gasteiger partial charge on any atom is 0.311 e. The maximum atomic E-state index is 10.9. The largest absolute Gasteiger partial charge is 0.490 e. The predicted octanol–water partition coefficient (Wildman–Crippen LogP) is 1.71. The number of aliphatic hydroxyl groups excluding tert-OH is 1. The van der Waals surface area contributed by atoms with Crippen molar-refractivity contribution in [2.45, 2.75) is 26.4 Å². The van der Waals surface area contributed by atoms with Gasteiger partial charge in [-0.3, -0.25) is 10.1 Å². The minimum Gasteiger partial charge on any atom is -0.490 e. The van der Waals surface area contributed by atoms with Gasteiger partial charge in [0, 0.05) is 25.3 Å². The molecule has 0 saturated heterocycles. The molecule has 19 heavy (non-hydrogen) atoms. The fourth-order valence-corrected chi connectivity index (χ4v) is 1.63. The second kappa shape index (κ2) is 7.06. The highest BCUT2D eigenvalue weighted by atomic mass is 16.6. The smallest absolute Gasteiger partial charge is 0.311 e. The summed E-state index contributed by atoms with van der Waals surface area (Å²) in [6.45, 7) is 4.53. The van der Waals surface area contributed by atoms with Crippen LogP contribution in [0.2, 0.25) is 0 Å². The zero-order chi connectivity index (χ0) is 14.4. The van der Waals surface area contributed by atoms with E-state index in [1.807, 2.05) is 13.8 Å². The fraction of sp³-hybridized carbons (Fsp3) is 0.538. The monoisotopic (exact) mass is 268 g/mol. The van der Waals surface area contributed by atoms with Gasteiger partial charge in [0.1, 0.15) is 0 Å². The first-order valence-corrected chi connectivity index (χ1v) is 6.15. The van der Waals surface area contributed by atoms with Crippen LogP contribution in [0.3, 0.4) is 0 Å². The van der Waals surface area contributed by atoms with E-state index < -0.39 is 4.92 Å². The quantitative estimate of drug-likeness (QED) is 0.581. The first-order chi connectivity index (χ1) is 8.99. The third-order valence-corrected chi connectivity index (χ3v) is 3.21. The predicted molar refractivity (Wildman–Crippen MR) is 72.2 cm³/mol. The van der Waals surface area contributed by atoms with Crippen molar-refractivity contribution >= 4 is 5.69 Å². The van der Waals surface area contributed by atoms with Crippen LogP contribution in [0.4, 0.5) is 5.69 Å². The van der Waals surface area contributed by atoms with Crippen LogP contribution in [0.5, 0.6) is 5.75 Å². The Balaban J connectivity index is 2.75. The van der Waals surface area contributed by atoms with Crippen molar-refractivity contribution in [3.63, 3.8) is 0 Å². The van der Waals surface area contributed by atoms with Crippen LogP contribution in [0.25, 0.3) is 0 Å². The number of hydrogen-bond acceptors (Lipinski definition) is 5. The van der Waals surface area contributed by atoms with Crippen LogP contribution in [0.1, 0.15) is 19.4 Å². The van der Waals surface area contributed by atoms with E-state index in [-0.39, 0.29) is 30.0 Å². The molecule has 0 bridgehead atoms. The van der Waals surface area contributed by atoms with Gasteiger partial charge < -0.3 is 15.2 Å². The normalized spacial score (nSPS) is 13.9. The van der Waals surface area contributed by atoms with E-state index in [4.69, 9.17) is 9.84 Å². The molecule has 0 aliphatic carbocycles. The van der Waals surface area contributed by atoms with Crippen molar-refractivity contribution in [2.24, 2.45) is 5.92 Å². The molecular weight excluding hydrogens is 248 g/mol. The minimum absolute atomic E-state index is 0.0374. The molecule has 0 radical (unpaired) electrons. The molecule has 1 rings (SSSR count). The van der Waals surface area contributed by atoms with Gasteiger partial charge in [0.2, 0.25) is 0 Å². The van der Waals surface area contributed by atoms with Crippen molar-refractivity contribution < 1.29 is 14.8 Å². The molecule has 0 aliphatic heterocycles. The molecule has 1 aromatic carbocycles. The Bertz CT molecular complexity index is 437. The Labute approximate surface area is 112 Å². The van der Waals surface area contributed by atoms with Gasteiger partial charge in [0.15, 0.2) is 5.75 Å². The standard InChI is InChI=1S/C13H20N2O4/c1-9(8-16)10(2)14-7-11-4-5-13(19-3)12(6-11)15(17)18/h4-6,9-10,14,16H,7-8H2,1-3H3. The Morgan fingerprint density at radius 2 is 2.16 bits per heavy atom. The lowest BCUT2D eigenvalue weighted by atomic mass is 10.0. The van der Waals surface area contributed by atoms with Gasteiger partial charge in [-0.15, -0.1) is 0 Å². The maximum absolute atomic E-state index is 10.9. The molecule has 106 valence electrons. The molecule has 0 aromatic heterocycles. The van der Waals surface area contributed by atoms with Crippen LogP contribution in [-0.4, -0.2) is 29.8 Å². The topological polar surface area (TPSA) is 84.6 Å². The molecule has 0 aliphatic rings. The highest BCUT2D eigenvalue weighted by molar-refractivity contribution is 5.48. The molecule has 6 heteroatoms. The molecule has 0 heterocycles. The number of nitrogens with one attached hydrogen (secondary N) is 1. The Morgan fingerprint density at radius 1 is 1.47 bits per heavy atom. The number of methoxy groups -OCH3 is 1. The van der Waals surface area contributed by atoms with Crippen molar-refractivity contribution in [1.82, 2.24) is 5.32 Å². The molecule has 2 unspecified atom stereocenters. The van der Waals surface area contributed by atoms with E-state index in [0.29, 0.717) is 6.54 Å². The van der Waals surface area contributed by atoms with Crippen LogP contribution < -0.4 is 10.1 Å². The number of rotatable bonds is 7. The van der Waals surface area contributed by atoms with Crippen LogP contribution in [-0.2, 0) is 6.54 Å². The van der Waals surface area contributed by atoms with Crippen molar-refractivity contribution in [3.05, 3.63) is 33.9 Å². The lowest BCUT2D eigenvalue weighted by molar-refractivity contribution is -0.385. The van der Waals surface area contributed by atoms with Gasteiger partial charge in [-0.2, -0.15) is 0 Å². The fourth-order valence-electron chi connectivity index (χ4n) is 1.63. The molecule has 0 saturated carbocycles. The minimum atomic E-state index is -0.456. The summed E-state index contributed by atoms with van der Waals surface area (Å²) in [5.74, 6) is 0.388. The summed E-state index contributed by atoms with van der Waals surface area (Å²) in [6.07, 6.45) is 0. The van der Waals surface area contributed by atoms with Crippen LogP contribution >= 0.6 is 0 Å². The van der Waals surface area contributed by atoms with Gasteiger partial charge >= 0.3 is 5.69 Å². The summed E-state index contributed by atoms with van der Waals surface area (Å²) in [4.78, 5) is 10.4. The molecule has 2 atom stereocenters. The molecule has 6 nitrogen and oxygen atoms in total. The SMILES string of the molecule is COc1ccc(CNC(C)C(C)CO)cc1[N+](=O)[O-]. The van der Waals surface area contributed by atoms with E-state index in [1.54, 1.807) is 12.1 Å². The van der Waals surface area contributed by atoms with Gasteiger partial charge in [0.25, 0.3) is 0 Å². The number of nitro groups is 1. The number of hydrogen-bond donors (Lipinski definition) is 2. The highest BCUT2D eigenvalue weighted by Crippen LogP contribution is 2.27. The van der Waals surface area contributed by atoms with E-state index in [9.17, 15) is 10.1 Å². The molecule has 0 spiro atoms. The van der Waals surface area contributed by atoms with E-state index >= 15 is 0 Å². The number of aliphatic hydroxyl groups is 1. The summed E-state index contributed by atoms with van der Waals surface area (Å²) in [5, 5.41) is 23.2. The lowest BCUT2D eigenvalue weighted by Crippen LogP contribution is -2.33. The summed E-state index contributed by atoms with van der Waals surface area (Å²) < 4.78 is 4.95. The Morgan fingerprint density at radius 3 is 2.68 bits per heavy atom. The highest BCUT2D eigenvalue weighted by Gasteiger charge is 2.16. The van der Waals surface area contributed by atoms with Gasteiger partial charge in [0.05, 0.1) is 12.0 Å². The summed E-state index contributed by atoms with van der Waals surface area (Å²) in [6, 6.07) is 5.01. The van der Waals surface area contributed by atoms with Crippen molar-refractivity contribution in [1.29, 1.82) is 0 Å². The second-order valence-electron chi connectivity index (χ2n) is 4.59. The van der Waals surface area contributed by atoms with Crippen molar-refractivity contribution in [2.75, 3.05) is 13.7 Å². The third-order valence-electron chi connectivity index (χ3n) is 3.21. The summed E-state index contributed by atoms with van der Waals surface area (Å²) in [7, 11) is 1.41. The number of nitrogens with zero attached hydrogens (tertiary/aromatic N) is 1. The first kappa shape index (κ1) is 15.4. The van der Waals surface area contributed by atoms with Crippen LogP contribution in [0, 0.1) is 16.0 Å². The molecule has 0 amide bonds. The first-order valence-electron chi connectivity index (χ1n) is 6.15. The summed E-state index contributed by atoms with van der Waals surface area (Å²) in [5.41, 5.74) is 0.772. The molecular formula is C13H20N2O4. The average Bonchev–Trinajstić information content (AvgIpc) is 2.43. The Kier molecular flexibility index (Phi) is 5.72. The van der Waals surface area contributed by atoms with Gasteiger partial charge in [-0.25, -0.2) is 0 Å². The van der Waals surface area contributed by atoms with E-state index in [1.165, 1.54) is 13.2 Å². The number of ether oxygens (including phenoxy) is 1. The lowest BCUT2D eigenvalue weighted by Gasteiger charge is -2.19. The van der Waals surface area contributed by atoms with Gasteiger partial charge in [-0.1, -0.05) is 13.0 Å². The van der Waals surface area contributed by atoms with Crippen molar-refractivity contribution in [3.8, 4) is 5.75 Å².